The van der Waals surface area contributed by atoms with E-state index in [9.17, 15) is 9.50 Å². The van der Waals surface area contributed by atoms with E-state index < -0.39 is 0 Å². The van der Waals surface area contributed by atoms with Crippen molar-refractivity contribution >= 4 is 21.4 Å². The first kappa shape index (κ1) is 15.7. The average molecular weight is 354 g/mol. The standard InChI is InChI=1S/C18H15FN4OS/c19-14-7-5-12(6-8-14)9-20-17-22-23-10-16(21-18(23)25-17)15-4-2-1-3-13(15)11-24/h1-8,10,24H,9,11H2,(H,20,22). The van der Waals surface area contributed by atoms with Gasteiger partial charge in [0.05, 0.1) is 18.5 Å². The van der Waals surface area contributed by atoms with Crippen LogP contribution in [0.4, 0.5) is 9.52 Å². The molecule has 2 N–H and O–H groups in total. The fraction of sp³-hybridized carbons (Fsp3) is 0.111. The highest BCUT2D eigenvalue weighted by molar-refractivity contribution is 7.20. The van der Waals surface area contributed by atoms with Gasteiger partial charge in [0.25, 0.3) is 0 Å². The minimum absolute atomic E-state index is 0.0285. The fourth-order valence-electron chi connectivity index (χ4n) is 2.59. The molecule has 0 radical (unpaired) electrons. The number of halogens is 1. The molecule has 2 heterocycles. The van der Waals surface area contributed by atoms with Crippen molar-refractivity contribution in [1.29, 1.82) is 0 Å². The van der Waals surface area contributed by atoms with Crippen molar-refractivity contribution < 1.29 is 9.50 Å². The second-order valence-corrected chi connectivity index (χ2v) is 6.51. The predicted molar refractivity (Wildman–Crippen MR) is 95.9 cm³/mol. The number of nitrogens with zero attached hydrogens (tertiary/aromatic N) is 3. The van der Waals surface area contributed by atoms with Crippen molar-refractivity contribution in [2.45, 2.75) is 13.2 Å². The molecule has 5 nitrogen and oxygen atoms in total. The molecule has 25 heavy (non-hydrogen) atoms. The molecule has 0 aliphatic heterocycles. The first-order valence-corrected chi connectivity index (χ1v) is 8.58. The SMILES string of the molecule is OCc1ccccc1-c1cn2nc(NCc3ccc(F)cc3)sc2n1. The monoisotopic (exact) mass is 354 g/mol. The van der Waals surface area contributed by atoms with Crippen LogP contribution in [-0.2, 0) is 13.2 Å². The Morgan fingerprint density at radius 1 is 1.12 bits per heavy atom. The first-order chi connectivity index (χ1) is 12.2. The van der Waals surface area contributed by atoms with Crippen LogP contribution in [0.15, 0.2) is 54.7 Å². The normalized spacial score (nSPS) is 11.1. The van der Waals surface area contributed by atoms with Crippen LogP contribution >= 0.6 is 11.3 Å². The molecule has 126 valence electrons. The summed E-state index contributed by atoms with van der Waals surface area (Å²) in [7, 11) is 0. The summed E-state index contributed by atoms with van der Waals surface area (Å²) in [5, 5.41) is 17.9. The molecular formula is C18H15FN4OS. The molecule has 0 aliphatic carbocycles. The zero-order valence-corrected chi connectivity index (χ0v) is 14.0. The van der Waals surface area contributed by atoms with Crippen LogP contribution in [0.25, 0.3) is 16.2 Å². The second kappa shape index (κ2) is 6.62. The maximum absolute atomic E-state index is 12.9. The molecule has 0 saturated carbocycles. The van der Waals surface area contributed by atoms with Crippen molar-refractivity contribution in [3.05, 3.63) is 71.7 Å². The summed E-state index contributed by atoms with van der Waals surface area (Å²) in [5.74, 6) is -0.243. The number of hydrogen-bond donors (Lipinski definition) is 2. The largest absolute Gasteiger partial charge is 0.392 e. The summed E-state index contributed by atoms with van der Waals surface area (Å²) in [6.07, 6.45) is 1.85. The summed E-state index contributed by atoms with van der Waals surface area (Å²) in [4.78, 5) is 5.37. The third-order valence-electron chi connectivity index (χ3n) is 3.86. The number of aromatic nitrogens is 3. The average Bonchev–Trinajstić information content (AvgIpc) is 3.20. The molecule has 4 rings (SSSR count). The molecule has 0 atom stereocenters. The Labute approximate surface area is 147 Å². The molecule has 0 unspecified atom stereocenters. The number of rotatable bonds is 5. The molecule has 7 heteroatoms. The first-order valence-electron chi connectivity index (χ1n) is 7.76. The minimum Gasteiger partial charge on any atom is -0.392 e. The van der Waals surface area contributed by atoms with Crippen LogP contribution in [0.2, 0.25) is 0 Å². The number of fused-ring (bicyclic) bond motifs is 1. The van der Waals surface area contributed by atoms with Crippen molar-refractivity contribution in [3.63, 3.8) is 0 Å². The number of aliphatic hydroxyl groups excluding tert-OH is 1. The van der Waals surface area contributed by atoms with Gasteiger partial charge in [-0.3, -0.25) is 0 Å². The number of hydrogen-bond acceptors (Lipinski definition) is 5. The fourth-order valence-corrected chi connectivity index (χ4v) is 3.37. The van der Waals surface area contributed by atoms with Gasteiger partial charge in [-0.2, -0.15) is 0 Å². The number of benzene rings is 2. The van der Waals surface area contributed by atoms with Crippen LogP contribution in [0, 0.1) is 5.82 Å². The van der Waals surface area contributed by atoms with Crippen LogP contribution < -0.4 is 5.32 Å². The van der Waals surface area contributed by atoms with E-state index >= 15 is 0 Å². The maximum atomic E-state index is 12.9. The van der Waals surface area contributed by atoms with E-state index in [1.807, 2.05) is 30.5 Å². The van der Waals surface area contributed by atoms with Crippen molar-refractivity contribution in [2.75, 3.05) is 5.32 Å². The van der Waals surface area contributed by atoms with Gasteiger partial charge in [0.15, 0.2) is 0 Å². The van der Waals surface area contributed by atoms with Crippen LogP contribution in [-0.4, -0.2) is 19.7 Å². The molecule has 0 spiro atoms. The summed E-state index contributed by atoms with van der Waals surface area (Å²) in [6, 6.07) is 14.0. The van der Waals surface area contributed by atoms with E-state index in [-0.39, 0.29) is 12.4 Å². The highest BCUT2D eigenvalue weighted by Crippen LogP contribution is 2.27. The summed E-state index contributed by atoms with van der Waals surface area (Å²) in [6.45, 7) is 0.538. The lowest BCUT2D eigenvalue weighted by Gasteiger charge is -2.03. The Balaban J connectivity index is 1.54. The zero-order valence-electron chi connectivity index (χ0n) is 13.2. The maximum Gasteiger partial charge on any atom is 0.214 e. The smallest absolute Gasteiger partial charge is 0.214 e. The highest BCUT2D eigenvalue weighted by Gasteiger charge is 2.12. The Morgan fingerprint density at radius 2 is 1.92 bits per heavy atom. The third-order valence-corrected chi connectivity index (χ3v) is 4.74. The van der Waals surface area contributed by atoms with Gasteiger partial charge in [-0.1, -0.05) is 47.7 Å². The number of aliphatic hydroxyl groups is 1. The van der Waals surface area contributed by atoms with Crippen molar-refractivity contribution in [1.82, 2.24) is 14.6 Å². The predicted octanol–water partition coefficient (Wildman–Crippen LogP) is 3.70. The molecule has 0 fully saturated rings. The highest BCUT2D eigenvalue weighted by atomic mass is 32.1. The van der Waals surface area contributed by atoms with Gasteiger partial charge in [-0.25, -0.2) is 13.9 Å². The Morgan fingerprint density at radius 3 is 2.68 bits per heavy atom. The lowest BCUT2D eigenvalue weighted by molar-refractivity contribution is 0.282. The molecule has 0 saturated heterocycles. The van der Waals surface area contributed by atoms with Crippen LogP contribution in [0.5, 0.6) is 0 Å². The van der Waals surface area contributed by atoms with E-state index in [1.54, 1.807) is 16.6 Å². The van der Waals surface area contributed by atoms with Gasteiger partial charge < -0.3 is 10.4 Å². The number of anilines is 1. The van der Waals surface area contributed by atoms with Gasteiger partial charge in [-0.05, 0) is 23.3 Å². The van der Waals surface area contributed by atoms with Crippen molar-refractivity contribution in [2.24, 2.45) is 0 Å². The quantitative estimate of drug-likeness (QED) is 0.574. The van der Waals surface area contributed by atoms with E-state index in [2.05, 4.69) is 15.4 Å². The summed E-state index contributed by atoms with van der Waals surface area (Å²) < 4.78 is 14.6. The molecule has 2 aromatic carbocycles. The van der Waals surface area contributed by atoms with Gasteiger partial charge in [0.2, 0.25) is 10.1 Å². The van der Waals surface area contributed by atoms with Gasteiger partial charge in [0, 0.05) is 12.1 Å². The Bertz CT molecular complexity index is 978. The molecule has 0 aliphatic rings. The summed E-state index contributed by atoms with van der Waals surface area (Å²) >= 11 is 1.44. The third kappa shape index (κ3) is 3.24. The van der Waals surface area contributed by atoms with Crippen LogP contribution in [0.3, 0.4) is 0 Å². The van der Waals surface area contributed by atoms with E-state index in [0.29, 0.717) is 6.54 Å². The zero-order chi connectivity index (χ0) is 17.2. The second-order valence-electron chi connectivity index (χ2n) is 5.56. The van der Waals surface area contributed by atoms with Gasteiger partial charge >= 0.3 is 0 Å². The van der Waals surface area contributed by atoms with Gasteiger partial charge in [0.1, 0.15) is 5.82 Å². The minimum atomic E-state index is -0.243. The number of nitrogens with one attached hydrogen (secondary N) is 1. The van der Waals surface area contributed by atoms with E-state index in [4.69, 9.17) is 0 Å². The number of imidazole rings is 1. The van der Waals surface area contributed by atoms with Crippen molar-refractivity contribution in [3.8, 4) is 11.3 Å². The lowest BCUT2D eigenvalue weighted by Crippen LogP contribution is -1.99. The summed E-state index contributed by atoms with van der Waals surface area (Å²) in [5.41, 5.74) is 3.51. The van der Waals surface area contributed by atoms with E-state index in [1.165, 1.54) is 23.5 Å². The topological polar surface area (TPSA) is 62.5 Å². The Kier molecular flexibility index (Phi) is 4.17. The Hall–Kier alpha value is -2.77. The van der Waals surface area contributed by atoms with Gasteiger partial charge in [-0.15, -0.1) is 5.10 Å². The molecular weight excluding hydrogens is 339 g/mol. The lowest BCUT2D eigenvalue weighted by atomic mass is 10.1. The molecule has 2 aromatic heterocycles. The molecule has 4 aromatic rings. The van der Waals surface area contributed by atoms with Crippen LogP contribution in [0.1, 0.15) is 11.1 Å². The van der Waals surface area contributed by atoms with E-state index in [0.717, 1.165) is 32.5 Å². The molecule has 0 amide bonds. The molecule has 0 bridgehead atoms.